The summed E-state index contributed by atoms with van der Waals surface area (Å²) in [5.41, 5.74) is 0.804. The minimum absolute atomic E-state index is 0.0368. The molecule has 1 unspecified atom stereocenters. The Morgan fingerprint density at radius 2 is 1.96 bits per heavy atom. The fraction of sp³-hybridized carbons (Fsp3) is 0.353. The molecule has 0 saturated heterocycles. The van der Waals surface area contributed by atoms with E-state index in [9.17, 15) is 24.8 Å². The Labute approximate surface area is 149 Å². The van der Waals surface area contributed by atoms with Crippen molar-refractivity contribution in [1.82, 2.24) is 15.1 Å². The number of hydrogen-bond acceptors (Lipinski definition) is 5. The minimum atomic E-state index is -0.944. The highest BCUT2D eigenvalue weighted by molar-refractivity contribution is 5.94. The molecule has 0 spiro atoms. The Kier molecular flexibility index (Phi) is 6.05. The van der Waals surface area contributed by atoms with Crippen LogP contribution in [0.4, 0.5) is 5.69 Å². The lowest BCUT2D eigenvalue weighted by Crippen LogP contribution is -2.33. The molecule has 0 radical (unpaired) electrons. The number of carbonyl (C=O) groups is 2. The molecule has 138 valence electrons. The van der Waals surface area contributed by atoms with Gasteiger partial charge >= 0.3 is 5.97 Å². The van der Waals surface area contributed by atoms with Gasteiger partial charge in [-0.3, -0.25) is 19.7 Å². The summed E-state index contributed by atoms with van der Waals surface area (Å²) in [7, 11) is 0. The summed E-state index contributed by atoms with van der Waals surface area (Å²) in [4.78, 5) is 33.6. The highest BCUT2D eigenvalue weighted by Gasteiger charge is 2.20. The molecule has 1 aromatic carbocycles. The van der Waals surface area contributed by atoms with Crippen LogP contribution in [0.25, 0.3) is 5.69 Å². The van der Waals surface area contributed by atoms with E-state index in [1.165, 1.54) is 41.3 Å². The number of aliphatic carboxylic acids is 1. The Balaban J connectivity index is 2.03. The highest BCUT2D eigenvalue weighted by Crippen LogP contribution is 2.15. The summed E-state index contributed by atoms with van der Waals surface area (Å²) in [6.07, 6.45) is 3.31. The number of hydrogen-bond donors (Lipinski definition) is 2. The number of rotatable bonds is 8. The zero-order valence-electron chi connectivity index (χ0n) is 14.5. The Bertz CT molecular complexity index is 798. The maximum Gasteiger partial charge on any atom is 0.308 e. The van der Waals surface area contributed by atoms with E-state index in [4.69, 9.17) is 0 Å². The van der Waals surface area contributed by atoms with E-state index in [1.54, 1.807) is 0 Å². The fourth-order valence-electron chi connectivity index (χ4n) is 2.47. The van der Waals surface area contributed by atoms with Crippen molar-refractivity contribution in [3.8, 4) is 5.69 Å². The first-order valence-corrected chi connectivity index (χ1v) is 8.08. The number of non-ortho nitro benzene ring substituents is 1. The van der Waals surface area contributed by atoms with Crippen molar-refractivity contribution in [3.63, 3.8) is 0 Å². The molecule has 0 aliphatic carbocycles. The zero-order chi connectivity index (χ0) is 19.3. The van der Waals surface area contributed by atoms with Crippen molar-refractivity contribution in [3.05, 3.63) is 52.3 Å². The molecule has 2 N–H and O–H groups in total. The van der Waals surface area contributed by atoms with Gasteiger partial charge in [0.2, 0.25) is 0 Å². The van der Waals surface area contributed by atoms with Gasteiger partial charge in [-0.15, -0.1) is 0 Å². The van der Waals surface area contributed by atoms with Crippen molar-refractivity contribution in [1.29, 1.82) is 0 Å². The lowest BCUT2D eigenvalue weighted by atomic mass is 9.97. The molecular formula is C17H20N4O5. The van der Waals surface area contributed by atoms with E-state index < -0.39 is 22.7 Å². The lowest BCUT2D eigenvalue weighted by Gasteiger charge is -2.15. The van der Waals surface area contributed by atoms with Crippen LogP contribution in [0.3, 0.4) is 0 Å². The molecule has 2 rings (SSSR count). The van der Waals surface area contributed by atoms with Crippen LogP contribution >= 0.6 is 0 Å². The van der Waals surface area contributed by atoms with Gasteiger partial charge < -0.3 is 10.4 Å². The number of nitro benzene ring substituents is 1. The van der Waals surface area contributed by atoms with Crippen molar-refractivity contribution in [2.24, 2.45) is 11.8 Å². The summed E-state index contributed by atoms with van der Waals surface area (Å²) in [5, 5.41) is 26.6. The molecule has 26 heavy (non-hydrogen) atoms. The van der Waals surface area contributed by atoms with Crippen LogP contribution in [0.2, 0.25) is 0 Å². The topological polar surface area (TPSA) is 127 Å². The quantitative estimate of drug-likeness (QED) is 0.549. The van der Waals surface area contributed by atoms with Gasteiger partial charge in [0.1, 0.15) is 0 Å². The van der Waals surface area contributed by atoms with E-state index in [-0.39, 0.29) is 23.7 Å². The number of carbonyl (C=O) groups excluding carboxylic acids is 1. The normalized spacial score (nSPS) is 12.0. The molecule has 1 amide bonds. The average Bonchev–Trinajstić information content (AvgIpc) is 3.08. The van der Waals surface area contributed by atoms with Crippen LogP contribution in [-0.4, -0.2) is 38.2 Å². The Hall–Kier alpha value is -3.23. The highest BCUT2D eigenvalue weighted by atomic mass is 16.6. The first-order valence-electron chi connectivity index (χ1n) is 8.08. The molecule has 2 aromatic rings. The second kappa shape index (κ2) is 8.24. The molecule has 0 aliphatic rings. The van der Waals surface area contributed by atoms with Crippen LogP contribution in [0, 0.1) is 22.0 Å². The standard InChI is InChI=1S/C17H20N4O5/c1-11(2)7-12(17(23)24)8-18-16(22)13-9-19-20(10-13)14-3-5-15(6-4-14)21(25)26/h3-6,9-12H,7-8H2,1-2H3,(H,18,22)(H,23,24). The van der Waals surface area contributed by atoms with Crippen LogP contribution < -0.4 is 5.32 Å². The van der Waals surface area contributed by atoms with Crippen LogP contribution in [-0.2, 0) is 4.79 Å². The van der Waals surface area contributed by atoms with E-state index in [0.717, 1.165) is 0 Å². The number of amides is 1. The SMILES string of the molecule is CC(C)CC(CNC(=O)c1cnn(-c2ccc([N+](=O)[O-])cc2)c1)C(=O)O. The van der Waals surface area contributed by atoms with Gasteiger partial charge in [0.25, 0.3) is 11.6 Å². The number of carboxylic acid groups (broad SMARTS) is 1. The molecule has 1 atom stereocenters. The van der Waals surface area contributed by atoms with Crippen molar-refractivity contribution in [2.45, 2.75) is 20.3 Å². The first kappa shape index (κ1) is 19.1. The first-order chi connectivity index (χ1) is 12.3. The number of benzene rings is 1. The number of nitrogens with zero attached hydrogens (tertiary/aromatic N) is 3. The summed E-state index contributed by atoms with van der Waals surface area (Å²) >= 11 is 0. The minimum Gasteiger partial charge on any atom is -0.481 e. The van der Waals surface area contributed by atoms with Gasteiger partial charge in [-0.25, -0.2) is 4.68 Å². The monoisotopic (exact) mass is 360 g/mol. The van der Waals surface area contributed by atoms with Gasteiger partial charge in [-0.05, 0) is 24.5 Å². The molecule has 0 fully saturated rings. The van der Waals surface area contributed by atoms with Gasteiger partial charge in [-0.2, -0.15) is 5.10 Å². The number of nitrogens with one attached hydrogen (secondary N) is 1. The Morgan fingerprint density at radius 3 is 2.50 bits per heavy atom. The van der Waals surface area contributed by atoms with Gasteiger partial charge in [-0.1, -0.05) is 13.8 Å². The maximum absolute atomic E-state index is 12.2. The molecular weight excluding hydrogens is 340 g/mol. The molecule has 9 nitrogen and oxygen atoms in total. The summed E-state index contributed by atoms with van der Waals surface area (Å²) in [6, 6.07) is 5.74. The van der Waals surface area contributed by atoms with E-state index in [2.05, 4.69) is 10.4 Å². The number of carboxylic acids is 1. The second-order valence-corrected chi connectivity index (χ2v) is 6.32. The summed E-state index contributed by atoms with van der Waals surface area (Å²) < 4.78 is 1.42. The predicted octanol–water partition coefficient (Wildman–Crippen LogP) is 2.26. The van der Waals surface area contributed by atoms with Crippen LogP contribution in [0.15, 0.2) is 36.7 Å². The second-order valence-electron chi connectivity index (χ2n) is 6.32. The molecule has 9 heteroatoms. The summed E-state index contributed by atoms with van der Waals surface area (Å²) in [6.45, 7) is 3.88. The predicted molar refractivity (Wildman–Crippen MR) is 93.1 cm³/mol. The lowest BCUT2D eigenvalue weighted by molar-refractivity contribution is -0.384. The van der Waals surface area contributed by atoms with Crippen molar-refractivity contribution in [2.75, 3.05) is 6.54 Å². The van der Waals surface area contributed by atoms with Crippen LogP contribution in [0.1, 0.15) is 30.6 Å². The van der Waals surface area contributed by atoms with Crippen molar-refractivity contribution >= 4 is 17.6 Å². The molecule has 0 bridgehead atoms. The summed E-state index contributed by atoms with van der Waals surface area (Å²) in [5.74, 6) is -1.81. The molecule has 1 aromatic heterocycles. The number of aromatic nitrogens is 2. The van der Waals surface area contributed by atoms with E-state index in [1.807, 2.05) is 13.8 Å². The van der Waals surface area contributed by atoms with Crippen LogP contribution in [0.5, 0.6) is 0 Å². The van der Waals surface area contributed by atoms with Gasteiger partial charge in [0.05, 0.1) is 28.3 Å². The molecule has 0 saturated carbocycles. The fourth-order valence-corrected chi connectivity index (χ4v) is 2.47. The molecule has 0 aliphatic heterocycles. The number of nitro groups is 1. The average molecular weight is 360 g/mol. The molecule has 1 heterocycles. The third-order valence-electron chi connectivity index (χ3n) is 3.78. The zero-order valence-corrected chi connectivity index (χ0v) is 14.5. The third kappa shape index (κ3) is 4.88. The van der Waals surface area contributed by atoms with Crippen molar-refractivity contribution < 1.29 is 19.6 Å². The third-order valence-corrected chi connectivity index (χ3v) is 3.78. The van der Waals surface area contributed by atoms with Gasteiger partial charge in [0.15, 0.2) is 0 Å². The Morgan fingerprint density at radius 1 is 1.31 bits per heavy atom. The maximum atomic E-state index is 12.2. The van der Waals surface area contributed by atoms with Gasteiger partial charge in [0, 0.05) is 24.9 Å². The van der Waals surface area contributed by atoms with E-state index >= 15 is 0 Å². The smallest absolute Gasteiger partial charge is 0.308 e. The van der Waals surface area contributed by atoms with E-state index in [0.29, 0.717) is 12.1 Å². The largest absolute Gasteiger partial charge is 0.481 e.